The molecule has 1 N–H and O–H groups in total. The minimum absolute atomic E-state index is 0.253. The number of aryl methyl sites for hydroxylation is 1. The van der Waals surface area contributed by atoms with Crippen molar-refractivity contribution >= 4 is 11.6 Å². The molecule has 1 unspecified atom stereocenters. The topological polar surface area (TPSA) is 21.3 Å². The maximum atomic E-state index is 14.1. The van der Waals surface area contributed by atoms with Crippen molar-refractivity contribution in [1.82, 2.24) is 5.32 Å². The van der Waals surface area contributed by atoms with E-state index in [1.54, 1.807) is 38.4 Å². The summed E-state index contributed by atoms with van der Waals surface area (Å²) in [5, 5.41) is 3.72. The number of ether oxygens (including phenoxy) is 1. The van der Waals surface area contributed by atoms with Gasteiger partial charge in [0.25, 0.3) is 0 Å². The molecule has 0 fully saturated rings. The van der Waals surface area contributed by atoms with Gasteiger partial charge in [-0.2, -0.15) is 0 Å². The highest BCUT2D eigenvalue weighted by molar-refractivity contribution is 6.30. The number of halogens is 2. The first-order valence-electron chi connectivity index (χ1n) is 6.33. The van der Waals surface area contributed by atoms with Crippen LogP contribution < -0.4 is 10.1 Å². The van der Waals surface area contributed by atoms with Gasteiger partial charge >= 0.3 is 0 Å². The molecule has 1 atom stereocenters. The lowest BCUT2D eigenvalue weighted by Gasteiger charge is -2.21. The zero-order chi connectivity index (χ0) is 14.7. The van der Waals surface area contributed by atoms with E-state index in [0.717, 1.165) is 11.1 Å². The van der Waals surface area contributed by atoms with Crippen molar-refractivity contribution in [2.45, 2.75) is 13.0 Å². The molecule has 2 aromatic carbocycles. The van der Waals surface area contributed by atoms with E-state index in [1.165, 1.54) is 6.07 Å². The van der Waals surface area contributed by atoms with Gasteiger partial charge in [-0.3, -0.25) is 0 Å². The summed E-state index contributed by atoms with van der Waals surface area (Å²) in [6.07, 6.45) is 0. The highest BCUT2D eigenvalue weighted by atomic mass is 35.5. The standard InChI is InChI=1S/C16H17ClFNO/c1-10-4-6-14(18)12(8-10)16(19-2)13-9-11(17)5-7-15(13)20-3/h4-9,16,19H,1-3H3. The van der Waals surface area contributed by atoms with Gasteiger partial charge in [-0.05, 0) is 38.2 Å². The van der Waals surface area contributed by atoms with Crippen molar-refractivity contribution < 1.29 is 9.13 Å². The van der Waals surface area contributed by atoms with Crippen LogP contribution in [-0.4, -0.2) is 14.2 Å². The molecule has 106 valence electrons. The Hall–Kier alpha value is -1.58. The van der Waals surface area contributed by atoms with Gasteiger partial charge in [0.05, 0.1) is 13.2 Å². The average Bonchev–Trinajstić information content (AvgIpc) is 2.44. The Kier molecular flexibility index (Phi) is 4.63. The molecule has 0 radical (unpaired) electrons. The molecule has 2 rings (SSSR count). The van der Waals surface area contributed by atoms with Crippen LogP contribution in [0.1, 0.15) is 22.7 Å². The molecular formula is C16H17ClFNO. The maximum absolute atomic E-state index is 14.1. The number of hydrogen-bond donors (Lipinski definition) is 1. The SMILES string of the molecule is CNC(c1cc(C)ccc1F)c1cc(Cl)ccc1OC. The molecule has 2 nitrogen and oxygen atoms in total. The fourth-order valence-electron chi connectivity index (χ4n) is 2.29. The number of benzene rings is 2. The van der Waals surface area contributed by atoms with Crippen molar-refractivity contribution in [2.75, 3.05) is 14.2 Å². The summed E-state index contributed by atoms with van der Waals surface area (Å²) < 4.78 is 19.5. The zero-order valence-electron chi connectivity index (χ0n) is 11.7. The summed E-state index contributed by atoms with van der Waals surface area (Å²) in [5.74, 6) is 0.423. The van der Waals surface area contributed by atoms with Crippen molar-refractivity contribution in [3.05, 3.63) is 63.9 Å². The van der Waals surface area contributed by atoms with Crippen LogP contribution in [0.5, 0.6) is 5.75 Å². The molecule has 20 heavy (non-hydrogen) atoms. The van der Waals surface area contributed by atoms with E-state index in [0.29, 0.717) is 16.3 Å². The second kappa shape index (κ2) is 6.25. The van der Waals surface area contributed by atoms with Crippen molar-refractivity contribution in [3.8, 4) is 5.75 Å². The van der Waals surface area contributed by atoms with Crippen LogP contribution >= 0.6 is 11.6 Å². The van der Waals surface area contributed by atoms with Crippen LogP contribution in [0.25, 0.3) is 0 Å². The highest BCUT2D eigenvalue weighted by Gasteiger charge is 2.20. The third-order valence-corrected chi connectivity index (χ3v) is 3.49. The van der Waals surface area contributed by atoms with Gasteiger partial charge in [0.15, 0.2) is 0 Å². The number of nitrogens with one attached hydrogen (secondary N) is 1. The number of rotatable bonds is 4. The summed E-state index contributed by atoms with van der Waals surface area (Å²) in [6.45, 7) is 1.94. The van der Waals surface area contributed by atoms with Crippen LogP contribution in [0.3, 0.4) is 0 Å². The summed E-state index contributed by atoms with van der Waals surface area (Å²) in [5.41, 5.74) is 2.39. The van der Waals surface area contributed by atoms with E-state index in [-0.39, 0.29) is 11.9 Å². The Bertz CT molecular complexity index is 615. The average molecular weight is 294 g/mol. The largest absolute Gasteiger partial charge is 0.496 e. The Balaban J connectivity index is 2.57. The third kappa shape index (κ3) is 2.94. The molecule has 0 amide bonds. The summed E-state index contributed by atoms with van der Waals surface area (Å²) in [6, 6.07) is 10.1. The van der Waals surface area contributed by atoms with Crippen LogP contribution in [0.4, 0.5) is 4.39 Å². The normalized spacial score (nSPS) is 12.2. The fourth-order valence-corrected chi connectivity index (χ4v) is 2.47. The second-order valence-electron chi connectivity index (χ2n) is 4.63. The Morgan fingerprint density at radius 3 is 2.55 bits per heavy atom. The maximum Gasteiger partial charge on any atom is 0.128 e. The lowest BCUT2D eigenvalue weighted by atomic mass is 9.96. The van der Waals surface area contributed by atoms with Crippen molar-refractivity contribution in [3.63, 3.8) is 0 Å². The van der Waals surface area contributed by atoms with Crippen molar-refractivity contribution in [1.29, 1.82) is 0 Å². The molecule has 0 aliphatic carbocycles. The van der Waals surface area contributed by atoms with Gasteiger partial charge in [0.1, 0.15) is 11.6 Å². The van der Waals surface area contributed by atoms with Gasteiger partial charge in [-0.15, -0.1) is 0 Å². The molecule has 2 aromatic rings. The van der Waals surface area contributed by atoms with Gasteiger partial charge in [-0.1, -0.05) is 29.3 Å². The first-order valence-corrected chi connectivity index (χ1v) is 6.71. The molecule has 0 saturated heterocycles. The molecule has 0 bridgehead atoms. The molecule has 0 saturated carbocycles. The summed E-state index contributed by atoms with van der Waals surface area (Å²) in [4.78, 5) is 0. The lowest BCUT2D eigenvalue weighted by Crippen LogP contribution is -2.20. The van der Waals surface area contributed by atoms with E-state index in [2.05, 4.69) is 5.32 Å². The molecule has 0 aliphatic rings. The van der Waals surface area contributed by atoms with Crippen LogP contribution in [0.2, 0.25) is 5.02 Å². The van der Waals surface area contributed by atoms with Crippen LogP contribution in [0, 0.1) is 12.7 Å². The van der Waals surface area contributed by atoms with E-state index in [9.17, 15) is 4.39 Å². The van der Waals surface area contributed by atoms with E-state index < -0.39 is 0 Å². The van der Waals surface area contributed by atoms with Crippen LogP contribution in [0.15, 0.2) is 36.4 Å². The number of hydrogen-bond acceptors (Lipinski definition) is 2. The summed E-state index contributed by atoms with van der Waals surface area (Å²) >= 11 is 6.06. The molecule has 0 heterocycles. The van der Waals surface area contributed by atoms with E-state index in [1.807, 2.05) is 13.0 Å². The minimum atomic E-state index is -0.316. The lowest BCUT2D eigenvalue weighted by molar-refractivity contribution is 0.404. The zero-order valence-corrected chi connectivity index (χ0v) is 12.5. The van der Waals surface area contributed by atoms with Crippen molar-refractivity contribution in [2.24, 2.45) is 0 Å². The minimum Gasteiger partial charge on any atom is -0.496 e. The molecule has 4 heteroatoms. The molecule has 0 aromatic heterocycles. The predicted octanol–water partition coefficient (Wildman–Crippen LogP) is 4.10. The summed E-state index contributed by atoms with van der Waals surface area (Å²) in [7, 11) is 3.37. The predicted molar refractivity (Wildman–Crippen MR) is 80.0 cm³/mol. The van der Waals surface area contributed by atoms with Gasteiger partial charge in [-0.25, -0.2) is 4.39 Å². The van der Waals surface area contributed by atoms with Gasteiger partial charge in [0, 0.05) is 16.1 Å². The van der Waals surface area contributed by atoms with Crippen LogP contribution in [-0.2, 0) is 0 Å². The second-order valence-corrected chi connectivity index (χ2v) is 5.07. The highest BCUT2D eigenvalue weighted by Crippen LogP contribution is 2.33. The first kappa shape index (κ1) is 14.8. The Morgan fingerprint density at radius 1 is 1.15 bits per heavy atom. The monoisotopic (exact) mass is 293 g/mol. The Labute approximate surface area is 123 Å². The van der Waals surface area contributed by atoms with E-state index >= 15 is 0 Å². The number of methoxy groups -OCH3 is 1. The van der Waals surface area contributed by atoms with Gasteiger partial charge in [0.2, 0.25) is 0 Å². The fraction of sp³-hybridized carbons (Fsp3) is 0.250. The van der Waals surface area contributed by atoms with E-state index in [4.69, 9.17) is 16.3 Å². The van der Waals surface area contributed by atoms with Gasteiger partial charge < -0.3 is 10.1 Å². The molecular weight excluding hydrogens is 277 g/mol. The molecule has 0 aliphatic heterocycles. The quantitative estimate of drug-likeness (QED) is 0.916. The first-order chi connectivity index (χ1) is 9.56. The Morgan fingerprint density at radius 2 is 1.90 bits per heavy atom. The smallest absolute Gasteiger partial charge is 0.128 e. The third-order valence-electron chi connectivity index (χ3n) is 3.25. The molecule has 0 spiro atoms.